The highest BCUT2D eigenvalue weighted by molar-refractivity contribution is 5.76. The summed E-state index contributed by atoms with van der Waals surface area (Å²) in [6.45, 7) is 3.75. The third-order valence-corrected chi connectivity index (χ3v) is 3.51. The van der Waals surface area contributed by atoms with Crippen molar-refractivity contribution in [2.45, 2.75) is 19.8 Å². The van der Waals surface area contributed by atoms with Crippen LogP contribution in [0.1, 0.15) is 19.8 Å². The van der Waals surface area contributed by atoms with Gasteiger partial charge in [-0.05, 0) is 19.8 Å². The molecule has 1 aromatic rings. The largest absolute Gasteiger partial charge is 0.466 e. The molecule has 2 heterocycles. The number of aromatic nitrogens is 2. The van der Waals surface area contributed by atoms with Crippen molar-refractivity contribution in [1.29, 1.82) is 0 Å². The standard InChI is InChI=1S/C13H21N5O2/c1-3-20-13(19)9-4-6-18(7-5-9)12-10(14)11(15-2)16-8-17-12/h8-9H,3-7,14H2,1-2H3,(H,15,16,17). The maximum atomic E-state index is 11.7. The number of carbonyl (C=O) groups is 1. The number of rotatable bonds is 4. The molecular weight excluding hydrogens is 258 g/mol. The van der Waals surface area contributed by atoms with Crippen LogP contribution in [0.15, 0.2) is 6.33 Å². The second kappa shape index (κ2) is 6.40. The Balaban J connectivity index is 2.02. The van der Waals surface area contributed by atoms with Gasteiger partial charge in [-0.1, -0.05) is 0 Å². The molecule has 0 atom stereocenters. The van der Waals surface area contributed by atoms with Crippen molar-refractivity contribution in [1.82, 2.24) is 9.97 Å². The van der Waals surface area contributed by atoms with Gasteiger partial charge in [-0.25, -0.2) is 9.97 Å². The first-order chi connectivity index (χ1) is 9.67. The zero-order valence-corrected chi connectivity index (χ0v) is 11.9. The van der Waals surface area contributed by atoms with Crippen molar-refractivity contribution in [2.75, 3.05) is 42.7 Å². The van der Waals surface area contributed by atoms with E-state index in [9.17, 15) is 4.79 Å². The van der Waals surface area contributed by atoms with Gasteiger partial charge in [0.2, 0.25) is 0 Å². The van der Waals surface area contributed by atoms with E-state index in [1.54, 1.807) is 7.05 Å². The Morgan fingerprint density at radius 2 is 2.20 bits per heavy atom. The maximum Gasteiger partial charge on any atom is 0.309 e. The molecule has 0 aromatic carbocycles. The lowest BCUT2D eigenvalue weighted by Crippen LogP contribution is -2.37. The summed E-state index contributed by atoms with van der Waals surface area (Å²) in [5.41, 5.74) is 6.59. The van der Waals surface area contributed by atoms with Crippen LogP contribution in [-0.4, -0.2) is 42.7 Å². The van der Waals surface area contributed by atoms with Crippen LogP contribution < -0.4 is 16.0 Å². The molecule has 7 nitrogen and oxygen atoms in total. The van der Waals surface area contributed by atoms with E-state index >= 15 is 0 Å². The van der Waals surface area contributed by atoms with E-state index in [1.165, 1.54) is 6.33 Å². The van der Waals surface area contributed by atoms with Gasteiger partial charge in [-0.3, -0.25) is 4.79 Å². The first-order valence-electron chi connectivity index (χ1n) is 6.87. The average molecular weight is 279 g/mol. The Kier molecular flexibility index (Phi) is 4.60. The first-order valence-corrected chi connectivity index (χ1v) is 6.87. The van der Waals surface area contributed by atoms with Crippen molar-refractivity contribution < 1.29 is 9.53 Å². The van der Waals surface area contributed by atoms with Crippen LogP contribution in [0.5, 0.6) is 0 Å². The molecule has 0 radical (unpaired) electrons. The van der Waals surface area contributed by atoms with E-state index in [4.69, 9.17) is 10.5 Å². The Bertz CT molecular complexity index is 472. The minimum atomic E-state index is -0.0984. The number of nitrogen functional groups attached to an aromatic ring is 1. The molecule has 3 N–H and O–H groups in total. The second-order valence-electron chi connectivity index (χ2n) is 4.72. The monoisotopic (exact) mass is 279 g/mol. The van der Waals surface area contributed by atoms with Crippen molar-refractivity contribution >= 4 is 23.3 Å². The molecule has 0 bridgehead atoms. The maximum absolute atomic E-state index is 11.7. The summed E-state index contributed by atoms with van der Waals surface area (Å²) in [5, 5.41) is 2.94. The summed E-state index contributed by atoms with van der Waals surface area (Å²) >= 11 is 0. The van der Waals surface area contributed by atoms with Gasteiger partial charge >= 0.3 is 5.97 Å². The van der Waals surface area contributed by atoms with Gasteiger partial charge in [-0.15, -0.1) is 0 Å². The lowest BCUT2D eigenvalue weighted by Gasteiger charge is -2.32. The predicted octanol–water partition coefficient (Wildman–Crippen LogP) is 0.880. The van der Waals surface area contributed by atoms with Crippen molar-refractivity contribution in [3.05, 3.63) is 6.33 Å². The minimum absolute atomic E-state index is 0.0157. The highest BCUT2D eigenvalue weighted by atomic mass is 16.5. The molecule has 1 saturated heterocycles. The number of esters is 1. The van der Waals surface area contributed by atoms with Crippen LogP contribution in [0, 0.1) is 5.92 Å². The Morgan fingerprint density at radius 1 is 1.50 bits per heavy atom. The highest BCUT2D eigenvalue weighted by Crippen LogP contribution is 2.29. The van der Waals surface area contributed by atoms with E-state index in [1.807, 2.05) is 6.92 Å². The summed E-state index contributed by atoms with van der Waals surface area (Å²) in [6, 6.07) is 0. The molecule has 20 heavy (non-hydrogen) atoms. The Labute approximate surface area is 118 Å². The molecule has 0 saturated carbocycles. The van der Waals surface area contributed by atoms with Crippen LogP contribution in [0.2, 0.25) is 0 Å². The topological polar surface area (TPSA) is 93.4 Å². The Hall–Kier alpha value is -2.05. The molecule has 1 fully saturated rings. The smallest absolute Gasteiger partial charge is 0.309 e. The van der Waals surface area contributed by atoms with E-state index in [2.05, 4.69) is 20.2 Å². The van der Waals surface area contributed by atoms with Crippen LogP contribution in [0.4, 0.5) is 17.3 Å². The average Bonchev–Trinajstić information content (AvgIpc) is 2.48. The molecule has 0 unspecified atom stereocenters. The third-order valence-electron chi connectivity index (χ3n) is 3.51. The fourth-order valence-electron chi connectivity index (χ4n) is 2.42. The number of nitrogens with zero attached hydrogens (tertiary/aromatic N) is 3. The van der Waals surface area contributed by atoms with E-state index < -0.39 is 0 Å². The molecule has 7 heteroatoms. The SMILES string of the molecule is CCOC(=O)C1CCN(c2ncnc(NC)c2N)CC1. The molecule has 1 aromatic heterocycles. The van der Waals surface area contributed by atoms with Gasteiger partial charge in [0.15, 0.2) is 11.6 Å². The molecule has 0 spiro atoms. The van der Waals surface area contributed by atoms with E-state index in [0.29, 0.717) is 18.1 Å². The lowest BCUT2D eigenvalue weighted by molar-refractivity contribution is -0.148. The summed E-state index contributed by atoms with van der Waals surface area (Å²) < 4.78 is 5.06. The van der Waals surface area contributed by atoms with Gasteiger partial charge in [0, 0.05) is 20.1 Å². The van der Waals surface area contributed by atoms with Crippen LogP contribution in [0.3, 0.4) is 0 Å². The molecular formula is C13H21N5O2. The molecule has 2 rings (SSSR count). The molecule has 0 amide bonds. The fourth-order valence-corrected chi connectivity index (χ4v) is 2.42. The Morgan fingerprint density at radius 3 is 2.80 bits per heavy atom. The number of hydrogen-bond donors (Lipinski definition) is 2. The zero-order valence-electron chi connectivity index (χ0n) is 11.9. The zero-order chi connectivity index (χ0) is 14.5. The summed E-state index contributed by atoms with van der Waals surface area (Å²) in [5.74, 6) is 1.24. The number of carbonyl (C=O) groups excluding carboxylic acids is 1. The van der Waals surface area contributed by atoms with Gasteiger partial charge in [0.05, 0.1) is 12.5 Å². The summed E-state index contributed by atoms with van der Waals surface area (Å²) in [4.78, 5) is 22.1. The number of piperidine rings is 1. The normalized spacial score (nSPS) is 16.0. The van der Waals surface area contributed by atoms with Crippen molar-refractivity contribution in [2.24, 2.45) is 5.92 Å². The molecule has 0 aliphatic carbocycles. The molecule has 1 aliphatic rings. The van der Waals surface area contributed by atoms with Gasteiger partial charge < -0.3 is 20.7 Å². The third kappa shape index (κ3) is 2.92. The highest BCUT2D eigenvalue weighted by Gasteiger charge is 2.27. The number of nitrogens with one attached hydrogen (secondary N) is 1. The summed E-state index contributed by atoms with van der Waals surface area (Å²) in [6.07, 6.45) is 3.02. The first kappa shape index (κ1) is 14.4. The van der Waals surface area contributed by atoms with Crippen molar-refractivity contribution in [3.63, 3.8) is 0 Å². The van der Waals surface area contributed by atoms with Crippen LogP contribution >= 0.6 is 0 Å². The van der Waals surface area contributed by atoms with Gasteiger partial charge in [0.25, 0.3) is 0 Å². The number of hydrogen-bond acceptors (Lipinski definition) is 7. The van der Waals surface area contributed by atoms with Crippen molar-refractivity contribution in [3.8, 4) is 0 Å². The summed E-state index contributed by atoms with van der Waals surface area (Å²) in [7, 11) is 1.77. The fraction of sp³-hybridized carbons (Fsp3) is 0.615. The second-order valence-corrected chi connectivity index (χ2v) is 4.72. The van der Waals surface area contributed by atoms with Crippen LogP contribution in [-0.2, 0) is 9.53 Å². The predicted molar refractivity (Wildman–Crippen MR) is 77.6 cm³/mol. The van der Waals surface area contributed by atoms with Crippen LogP contribution in [0.25, 0.3) is 0 Å². The number of nitrogens with two attached hydrogens (primary N) is 1. The number of ether oxygens (including phenoxy) is 1. The quantitative estimate of drug-likeness (QED) is 0.790. The number of anilines is 3. The van der Waals surface area contributed by atoms with Gasteiger partial charge in [-0.2, -0.15) is 0 Å². The minimum Gasteiger partial charge on any atom is -0.466 e. The van der Waals surface area contributed by atoms with Gasteiger partial charge in [0.1, 0.15) is 12.0 Å². The lowest BCUT2D eigenvalue weighted by atomic mass is 9.97. The van der Waals surface area contributed by atoms with E-state index in [0.717, 1.165) is 31.7 Å². The molecule has 1 aliphatic heterocycles. The molecule has 110 valence electrons. The van der Waals surface area contributed by atoms with E-state index in [-0.39, 0.29) is 11.9 Å².